The Bertz CT molecular complexity index is 519. The molecular formula is C12H15BrN4O. The lowest BCUT2D eigenvalue weighted by Crippen LogP contribution is -2.31. The van der Waals surface area contributed by atoms with Gasteiger partial charge in [-0.15, -0.1) is 0 Å². The second kappa shape index (κ2) is 5.16. The van der Waals surface area contributed by atoms with Crippen LogP contribution in [-0.4, -0.2) is 21.7 Å². The van der Waals surface area contributed by atoms with Crippen molar-refractivity contribution in [1.29, 1.82) is 0 Å². The van der Waals surface area contributed by atoms with E-state index in [1.165, 1.54) is 0 Å². The number of rotatable bonds is 4. The third-order valence-electron chi connectivity index (χ3n) is 3.13. The molecule has 0 radical (unpaired) electrons. The Labute approximate surface area is 114 Å². The topological polar surface area (TPSA) is 77.8 Å². The summed E-state index contributed by atoms with van der Waals surface area (Å²) in [6.07, 6.45) is 2.55. The van der Waals surface area contributed by atoms with Crippen LogP contribution in [0.4, 0.5) is 0 Å². The second-order valence-corrected chi connectivity index (χ2v) is 5.32. The van der Waals surface area contributed by atoms with Crippen molar-refractivity contribution in [1.82, 2.24) is 15.1 Å². The van der Waals surface area contributed by atoms with Crippen molar-refractivity contribution in [2.45, 2.75) is 25.7 Å². The van der Waals surface area contributed by atoms with Crippen LogP contribution in [0.2, 0.25) is 0 Å². The summed E-state index contributed by atoms with van der Waals surface area (Å²) in [6.45, 7) is 4.53. The minimum Gasteiger partial charge on any atom is -0.338 e. The van der Waals surface area contributed by atoms with Crippen LogP contribution in [0.1, 0.15) is 26.2 Å². The predicted molar refractivity (Wildman–Crippen MR) is 71.9 cm³/mol. The lowest BCUT2D eigenvalue weighted by atomic mass is 9.88. The molecule has 1 unspecified atom stereocenters. The number of pyridine rings is 1. The van der Waals surface area contributed by atoms with E-state index in [9.17, 15) is 0 Å². The van der Waals surface area contributed by atoms with Crippen molar-refractivity contribution in [2.24, 2.45) is 5.73 Å². The smallest absolute Gasteiger partial charge is 0.234 e. The van der Waals surface area contributed by atoms with Crippen molar-refractivity contribution >= 4 is 15.9 Å². The minimum absolute atomic E-state index is 0.277. The monoisotopic (exact) mass is 310 g/mol. The molecule has 0 amide bonds. The zero-order chi connectivity index (χ0) is 13.2. The summed E-state index contributed by atoms with van der Waals surface area (Å²) >= 11 is 3.33. The summed E-state index contributed by atoms with van der Waals surface area (Å²) in [5, 5.41) is 3.96. The molecule has 1 atom stereocenters. The van der Waals surface area contributed by atoms with E-state index in [1.54, 1.807) is 6.20 Å². The standard InChI is InChI=1S/C12H15BrN4O/c1-3-12(2,7-14)11-16-10(17-18-11)9-5-4-8(13)6-15-9/h4-6H,3,7,14H2,1-2H3. The molecule has 0 aliphatic heterocycles. The molecule has 18 heavy (non-hydrogen) atoms. The Morgan fingerprint density at radius 1 is 1.44 bits per heavy atom. The fourth-order valence-corrected chi connectivity index (χ4v) is 1.70. The van der Waals surface area contributed by atoms with Crippen LogP contribution >= 0.6 is 15.9 Å². The zero-order valence-corrected chi connectivity index (χ0v) is 11.9. The third-order valence-corrected chi connectivity index (χ3v) is 3.60. The summed E-state index contributed by atoms with van der Waals surface area (Å²) in [6, 6.07) is 3.73. The summed E-state index contributed by atoms with van der Waals surface area (Å²) in [4.78, 5) is 8.62. The number of halogens is 1. The average Bonchev–Trinajstić information content (AvgIpc) is 2.89. The number of hydrogen-bond donors (Lipinski definition) is 1. The van der Waals surface area contributed by atoms with Gasteiger partial charge in [0, 0.05) is 17.2 Å². The Morgan fingerprint density at radius 2 is 2.22 bits per heavy atom. The first kappa shape index (κ1) is 13.2. The number of aromatic nitrogens is 3. The Kier molecular flexibility index (Phi) is 3.77. The number of nitrogens with two attached hydrogens (primary N) is 1. The first-order valence-corrected chi connectivity index (χ1v) is 6.54. The molecule has 6 heteroatoms. The number of nitrogens with zero attached hydrogens (tertiary/aromatic N) is 3. The second-order valence-electron chi connectivity index (χ2n) is 4.40. The molecule has 0 fully saturated rings. The normalized spacial score (nSPS) is 14.4. The molecule has 0 saturated heterocycles. The Hall–Kier alpha value is -1.27. The summed E-state index contributed by atoms with van der Waals surface area (Å²) < 4.78 is 6.22. The van der Waals surface area contributed by atoms with E-state index in [0.717, 1.165) is 10.9 Å². The fourth-order valence-electron chi connectivity index (χ4n) is 1.46. The van der Waals surface area contributed by atoms with E-state index >= 15 is 0 Å². The van der Waals surface area contributed by atoms with Crippen molar-refractivity contribution < 1.29 is 4.52 Å². The molecule has 0 aromatic carbocycles. The molecule has 2 aromatic heterocycles. The molecule has 0 aliphatic carbocycles. The molecule has 2 N–H and O–H groups in total. The van der Waals surface area contributed by atoms with Crippen LogP contribution in [0.25, 0.3) is 11.5 Å². The van der Waals surface area contributed by atoms with E-state index < -0.39 is 0 Å². The Balaban J connectivity index is 2.33. The molecule has 5 nitrogen and oxygen atoms in total. The maximum absolute atomic E-state index is 5.77. The van der Waals surface area contributed by atoms with E-state index in [1.807, 2.05) is 19.1 Å². The molecule has 96 valence electrons. The van der Waals surface area contributed by atoms with Gasteiger partial charge in [0.15, 0.2) is 0 Å². The van der Waals surface area contributed by atoms with Gasteiger partial charge in [0.1, 0.15) is 5.69 Å². The van der Waals surface area contributed by atoms with Crippen molar-refractivity contribution in [2.75, 3.05) is 6.54 Å². The molecule has 2 rings (SSSR count). The highest BCUT2D eigenvalue weighted by Crippen LogP contribution is 2.26. The van der Waals surface area contributed by atoms with Gasteiger partial charge < -0.3 is 10.3 Å². The molecule has 0 saturated carbocycles. The summed E-state index contributed by atoms with van der Waals surface area (Å²) in [7, 11) is 0. The van der Waals surface area contributed by atoms with Crippen molar-refractivity contribution in [3.8, 4) is 11.5 Å². The highest BCUT2D eigenvalue weighted by Gasteiger charge is 2.30. The lowest BCUT2D eigenvalue weighted by Gasteiger charge is -2.20. The van der Waals surface area contributed by atoms with Crippen molar-refractivity contribution in [3.05, 3.63) is 28.7 Å². The first-order valence-electron chi connectivity index (χ1n) is 5.75. The first-order chi connectivity index (χ1) is 8.59. The fraction of sp³-hybridized carbons (Fsp3) is 0.417. The summed E-state index contributed by atoms with van der Waals surface area (Å²) in [5.74, 6) is 1.05. The van der Waals surface area contributed by atoms with Crippen LogP contribution in [0.5, 0.6) is 0 Å². The van der Waals surface area contributed by atoms with E-state index in [0.29, 0.717) is 24.0 Å². The van der Waals surface area contributed by atoms with Crippen LogP contribution in [0.3, 0.4) is 0 Å². The van der Waals surface area contributed by atoms with Gasteiger partial charge in [0.25, 0.3) is 0 Å². The van der Waals surface area contributed by atoms with Crippen LogP contribution < -0.4 is 5.73 Å². The Morgan fingerprint density at radius 3 is 2.78 bits per heavy atom. The molecule has 0 aliphatic rings. The van der Waals surface area contributed by atoms with Gasteiger partial charge in [-0.3, -0.25) is 4.98 Å². The van der Waals surface area contributed by atoms with Gasteiger partial charge >= 0.3 is 0 Å². The lowest BCUT2D eigenvalue weighted by molar-refractivity contribution is 0.291. The van der Waals surface area contributed by atoms with Gasteiger partial charge in [-0.25, -0.2) is 0 Å². The minimum atomic E-state index is -0.277. The molecule has 2 heterocycles. The molecule has 2 aromatic rings. The molecule has 0 bridgehead atoms. The third kappa shape index (κ3) is 2.44. The van der Waals surface area contributed by atoms with Gasteiger partial charge in [-0.05, 0) is 41.4 Å². The zero-order valence-electron chi connectivity index (χ0n) is 10.4. The predicted octanol–water partition coefficient (Wildman–Crippen LogP) is 2.52. The van der Waals surface area contributed by atoms with Crippen LogP contribution in [-0.2, 0) is 5.41 Å². The van der Waals surface area contributed by atoms with E-state index in [4.69, 9.17) is 10.3 Å². The summed E-state index contributed by atoms with van der Waals surface area (Å²) in [5.41, 5.74) is 6.17. The SMILES string of the molecule is CCC(C)(CN)c1nc(-c2ccc(Br)cn2)no1. The number of hydrogen-bond acceptors (Lipinski definition) is 5. The van der Waals surface area contributed by atoms with Crippen LogP contribution in [0.15, 0.2) is 27.3 Å². The molecule has 0 spiro atoms. The molecular weight excluding hydrogens is 296 g/mol. The maximum atomic E-state index is 5.77. The highest BCUT2D eigenvalue weighted by molar-refractivity contribution is 9.10. The van der Waals surface area contributed by atoms with Crippen molar-refractivity contribution in [3.63, 3.8) is 0 Å². The van der Waals surface area contributed by atoms with Gasteiger partial charge in [0.05, 0.1) is 5.41 Å². The van der Waals surface area contributed by atoms with Gasteiger partial charge in [-0.1, -0.05) is 12.1 Å². The van der Waals surface area contributed by atoms with Crippen LogP contribution in [0, 0.1) is 0 Å². The maximum Gasteiger partial charge on any atom is 0.234 e. The largest absolute Gasteiger partial charge is 0.338 e. The average molecular weight is 311 g/mol. The van der Waals surface area contributed by atoms with Gasteiger partial charge in [0.2, 0.25) is 11.7 Å². The quantitative estimate of drug-likeness (QED) is 0.938. The van der Waals surface area contributed by atoms with E-state index in [2.05, 4.69) is 38.0 Å². The highest BCUT2D eigenvalue weighted by atomic mass is 79.9. The van der Waals surface area contributed by atoms with E-state index in [-0.39, 0.29) is 5.41 Å². The van der Waals surface area contributed by atoms with Gasteiger partial charge in [-0.2, -0.15) is 4.98 Å².